The number of hydrogen-bond acceptors (Lipinski definition) is 2. The van der Waals surface area contributed by atoms with Crippen molar-refractivity contribution in [3.05, 3.63) is 60.8 Å². The number of nitrogens with zero attached hydrogens (tertiary/aromatic N) is 2. The van der Waals surface area contributed by atoms with E-state index in [1.54, 1.807) is 7.11 Å². The zero-order valence-electron chi connectivity index (χ0n) is 12.6. The monoisotopic (exact) mass is 288 g/mol. The third-order valence-corrected chi connectivity index (χ3v) is 4.17. The topological polar surface area (TPSA) is 27.1 Å². The van der Waals surface area contributed by atoms with Gasteiger partial charge in [-0.3, -0.25) is 4.98 Å². The maximum atomic E-state index is 5.34. The number of fused-ring (bicyclic) bond motifs is 3. The van der Waals surface area contributed by atoms with Crippen molar-refractivity contribution in [1.29, 1.82) is 0 Å². The molecule has 0 N–H and O–H groups in total. The van der Waals surface area contributed by atoms with E-state index >= 15 is 0 Å². The third kappa shape index (κ3) is 1.86. The van der Waals surface area contributed by atoms with E-state index in [2.05, 4.69) is 46.9 Å². The van der Waals surface area contributed by atoms with Crippen LogP contribution in [0.3, 0.4) is 0 Å². The summed E-state index contributed by atoms with van der Waals surface area (Å²) in [6, 6.07) is 18.6. The van der Waals surface area contributed by atoms with Crippen molar-refractivity contribution in [3.63, 3.8) is 0 Å². The van der Waals surface area contributed by atoms with Crippen LogP contribution in [0.1, 0.15) is 0 Å². The number of aryl methyl sites for hydroxylation is 1. The average molecular weight is 288 g/mol. The fourth-order valence-corrected chi connectivity index (χ4v) is 2.98. The highest BCUT2D eigenvalue weighted by molar-refractivity contribution is 6.08. The van der Waals surface area contributed by atoms with E-state index in [0.717, 1.165) is 22.4 Å². The van der Waals surface area contributed by atoms with Crippen molar-refractivity contribution in [2.24, 2.45) is 7.05 Å². The molecule has 108 valence electrons. The summed E-state index contributed by atoms with van der Waals surface area (Å²) in [5, 5.41) is 2.32. The van der Waals surface area contributed by atoms with Crippen LogP contribution in [0, 0.1) is 0 Å². The van der Waals surface area contributed by atoms with Gasteiger partial charge < -0.3 is 9.30 Å². The van der Waals surface area contributed by atoms with Gasteiger partial charge in [-0.2, -0.15) is 0 Å². The maximum absolute atomic E-state index is 5.34. The fourth-order valence-electron chi connectivity index (χ4n) is 2.98. The molecule has 4 rings (SSSR count). The fraction of sp³-hybridized carbons (Fsp3) is 0.105. The Labute approximate surface area is 128 Å². The first-order valence-electron chi connectivity index (χ1n) is 7.25. The molecular formula is C19H16N2O. The van der Waals surface area contributed by atoms with Crippen LogP contribution in [-0.2, 0) is 7.05 Å². The van der Waals surface area contributed by atoms with E-state index in [9.17, 15) is 0 Å². The molecule has 3 heteroatoms. The van der Waals surface area contributed by atoms with Crippen molar-refractivity contribution in [2.75, 3.05) is 7.11 Å². The SMILES string of the molecule is COc1ccc2c(c1)c1cnc(-c3ccccc3)cc1n2C. The van der Waals surface area contributed by atoms with Gasteiger partial charge in [-0.05, 0) is 24.3 Å². The summed E-state index contributed by atoms with van der Waals surface area (Å²) in [4.78, 5) is 4.64. The first-order chi connectivity index (χ1) is 10.8. The van der Waals surface area contributed by atoms with E-state index in [0.29, 0.717) is 0 Å². The van der Waals surface area contributed by atoms with Gasteiger partial charge in [0.25, 0.3) is 0 Å². The highest BCUT2D eigenvalue weighted by atomic mass is 16.5. The molecule has 0 atom stereocenters. The second-order valence-electron chi connectivity index (χ2n) is 5.39. The molecule has 0 radical (unpaired) electrons. The lowest BCUT2D eigenvalue weighted by molar-refractivity contribution is 0.415. The van der Waals surface area contributed by atoms with E-state index in [4.69, 9.17) is 4.74 Å². The van der Waals surface area contributed by atoms with E-state index < -0.39 is 0 Å². The minimum atomic E-state index is 0.868. The van der Waals surface area contributed by atoms with Crippen LogP contribution in [0.15, 0.2) is 60.8 Å². The molecule has 0 aliphatic rings. The lowest BCUT2D eigenvalue weighted by Gasteiger charge is -2.02. The minimum absolute atomic E-state index is 0.868. The predicted octanol–water partition coefficient (Wildman–Crippen LogP) is 4.40. The summed E-state index contributed by atoms with van der Waals surface area (Å²) >= 11 is 0. The Kier molecular flexibility index (Phi) is 2.86. The first-order valence-corrected chi connectivity index (χ1v) is 7.25. The second kappa shape index (κ2) is 4.88. The van der Waals surface area contributed by atoms with Crippen molar-refractivity contribution >= 4 is 21.8 Å². The zero-order valence-corrected chi connectivity index (χ0v) is 12.6. The second-order valence-corrected chi connectivity index (χ2v) is 5.39. The molecule has 0 saturated heterocycles. The van der Waals surface area contributed by atoms with Gasteiger partial charge >= 0.3 is 0 Å². The number of methoxy groups -OCH3 is 1. The number of aromatic nitrogens is 2. The van der Waals surface area contributed by atoms with Gasteiger partial charge in [-0.1, -0.05) is 30.3 Å². The summed E-state index contributed by atoms with van der Waals surface area (Å²) in [5.41, 5.74) is 4.48. The van der Waals surface area contributed by atoms with Gasteiger partial charge in [-0.15, -0.1) is 0 Å². The molecule has 4 aromatic rings. The van der Waals surface area contributed by atoms with Crippen LogP contribution in [0.5, 0.6) is 5.75 Å². The summed E-state index contributed by atoms with van der Waals surface area (Å²) < 4.78 is 7.55. The summed E-state index contributed by atoms with van der Waals surface area (Å²) in [5.74, 6) is 0.868. The average Bonchev–Trinajstić information content (AvgIpc) is 2.87. The number of rotatable bonds is 2. The molecule has 0 aliphatic carbocycles. The molecule has 0 unspecified atom stereocenters. The quantitative estimate of drug-likeness (QED) is 0.546. The van der Waals surface area contributed by atoms with E-state index in [1.165, 1.54) is 16.4 Å². The predicted molar refractivity (Wildman–Crippen MR) is 90.2 cm³/mol. The van der Waals surface area contributed by atoms with Crippen molar-refractivity contribution in [3.8, 4) is 17.0 Å². The van der Waals surface area contributed by atoms with Gasteiger partial charge in [0.1, 0.15) is 5.75 Å². The summed E-state index contributed by atoms with van der Waals surface area (Å²) in [6.07, 6.45) is 1.96. The van der Waals surface area contributed by atoms with Crippen LogP contribution in [0.4, 0.5) is 0 Å². The molecular weight excluding hydrogens is 272 g/mol. The maximum Gasteiger partial charge on any atom is 0.119 e. The normalized spacial score (nSPS) is 11.2. The Morgan fingerprint density at radius 2 is 1.73 bits per heavy atom. The van der Waals surface area contributed by atoms with Gasteiger partial charge in [0.15, 0.2) is 0 Å². The van der Waals surface area contributed by atoms with Crippen LogP contribution in [0.2, 0.25) is 0 Å². The highest BCUT2D eigenvalue weighted by Crippen LogP contribution is 2.32. The molecule has 0 spiro atoms. The molecule has 0 fully saturated rings. The van der Waals surface area contributed by atoms with Gasteiger partial charge in [0.2, 0.25) is 0 Å². The molecule has 22 heavy (non-hydrogen) atoms. The molecule has 2 aromatic heterocycles. The van der Waals surface area contributed by atoms with Crippen molar-refractivity contribution in [2.45, 2.75) is 0 Å². The molecule has 2 heterocycles. The Morgan fingerprint density at radius 1 is 0.909 bits per heavy atom. The Morgan fingerprint density at radius 3 is 2.50 bits per heavy atom. The van der Waals surface area contributed by atoms with Crippen LogP contribution in [-0.4, -0.2) is 16.7 Å². The molecule has 0 aliphatic heterocycles. The smallest absolute Gasteiger partial charge is 0.119 e. The molecule has 0 saturated carbocycles. The number of ether oxygens (including phenoxy) is 1. The first kappa shape index (κ1) is 12.9. The van der Waals surface area contributed by atoms with E-state index in [-0.39, 0.29) is 0 Å². The lowest BCUT2D eigenvalue weighted by Crippen LogP contribution is -1.89. The van der Waals surface area contributed by atoms with Gasteiger partial charge in [-0.25, -0.2) is 0 Å². The number of pyridine rings is 1. The highest BCUT2D eigenvalue weighted by Gasteiger charge is 2.11. The van der Waals surface area contributed by atoms with Gasteiger partial charge in [0, 0.05) is 35.1 Å². The van der Waals surface area contributed by atoms with Gasteiger partial charge in [0.05, 0.1) is 18.3 Å². The molecule has 0 bridgehead atoms. The Bertz CT molecular complexity index is 971. The van der Waals surface area contributed by atoms with E-state index in [1.807, 2.05) is 30.5 Å². The number of benzene rings is 2. The third-order valence-electron chi connectivity index (χ3n) is 4.17. The lowest BCUT2D eigenvalue weighted by atomic mass is 10.1. The molecule has 2 aromatic carbocycles. The van der Waals surface area contributed by atoms with Crippen LogP contribution in [0.25, 0.3) is 33.1 Å². The van der Waals surface area contributed by atoms with Crippen molar-refractivity contribution < 1.29 is 4.74 Å². The zero-order chi connectivity index (χ0) is 15.1. The summed E-state index contributed by atoms with van der Waals surface area (Å²) in [6.45, 7) is 0. The molecule has 0 amide bonds. The van der Waals surface area contributed by atoms with Crippen LogP contribution >= 0.6 is 0 Å². The largest absolute Gasteiger partial charge is 0.497 e. The number of hydrogen-bond donors (Lipinski definition) is 0. The minimum Gasteiger partial charge on any atom is -0.497 e. The van der Waals surface area contributed by atoms with Crippen molar-refractivity contribution in [1.82, 2.24) is 9.55 Å². The Hall–Kier alpha value is -2.81. The van der Waals surface area contributed by atoms with Crippen LogP contribution < -0.4 is 4.74 Å². The Balaban J connectivity index is 2.01. The molecule has 3 nitrogen and oxygen atoms in total. The standard InChI is InChI=1S/C19H16N2O/c1-21-18-9-8-14(22-2)10-15(18)16-12-20-17(11-19(16)21)13-6-4-3-5-7-13/h3-12H,1-2H3. The summed E-state index contributed by atoms with van der Waals surface area (Å²) in [7, 11) is 3.78.